The summed E-state index contributed by atoms with van der Waals surface area (Å²) in [7, 11) is 0. The van der Waals surface area contributed by atoms with Crippen LogP contribution in [0.15, 0.2) is 60.9 Å². The molecule has 3 heteroatoms. The molecule has 0 amide bonds. The van der Waals surface area contributed by atoms with Crippen molar-refractivity contribution in [2.75, 3.05) is 4.90 Å². The molecule has 0 aliphatic carbocycles. The van der Waals surface area contributed by atoms with Crippen LogP contribution in [0.3, 0.4) is 0 Å². The van der Waals surface area contributed by atoms with E-state index in [9.17, 15) is 0 Å². The van der Waals surface area contributed by atoms with E-state index in [2.05, 4.69) is 45.2 Å². The highest BCUT2D eigenvalue weighted by atomic mass is 15.2. The third-order valence-corrected chi connectivity index (χ3v) is 3.56. The molecule has 1 aliphatic rings. The predicted octanol–water partition coefficient (Wildman–Crippen LogP) is 3.62. The lowest BCUT2D eigenvalue weighted by molar-refractivity contribution is 0.903. The van der Waals surface area contributed by atoms with Crippen LogP contribution in [-0.4, -0.2) is 9.97 Å². The molecule has 2 aromatic carbocycles. The lowest BCUT2D eigenvalue weighted by Gasteiger charge is -2.23. The van der Waals surface area contributed by atoms with Gasteiger partial charge in [0, 0.05) is 17.8 Å². The number of para-hydroxylation sites is 1. The summed E-state index contributed by atoms with van der Waals surface area (Å²) in [6, 6.07) is 16.4. The van der Waals surface area contributed by atoms with E-state index in [1.165, 1.54) is 11.1 Å². The van der Waals surface area contributed by atoms with Crippen molar-refractivity contribution in [3.63, 3.8) is 0 Å². The van der Waals surface area contributed by atoms with Gasteiger partial charge in [-0.2, -0.15) is 0 Å². The molecule has 0 bridgehead atoms. The van der Waals surface area contributed by atoms with E-state index in [0.717, 1.165) is 23.4 Å². The average Bonchev–Trinajstić information content (AvgIpc) is 2.54. The molecule has 20 heavy (non-hydrogen) atoms. The molecule has 0 radical (unpaired) electrons. The van der Waals surface area contributed by atoms with Gasteiger partial charge >= 0.3 is 0 Å². The average molecular weight is 259 g/mol. The lowest BCUT2D eigenvalue weighted by atomic mass is 10.0. The smallest absolute Gasteiger partial charge is 0.230 e. The van der Waals surface area contributed by atoms with Crippen molar-refractivity contribution >= 4 is 22.9 Å². The second-order valence-corrected chi connectivity index (χ2v) is 4.87. The molecule has 0 N–H and O–H groups in total. The third kappa shape index (κ3) is 1.84. The highest BCUT2D eigenvalue weighted by molar-refractivity contribution is 5.78. The van der Waals surface area contributed by atoms with Gasteiger partial charge in [0.05, 0.1) is 12.1 Å². The molecule has 1 aliphatic heterocycles. The first-order chi connectivity index (χ1) is 9.90. The number of nitrogens with zero attached hydrogens (tertiary/aromatic N) is 3. The van der Waals surface area contributed by atoms with E-state index in [0.29, 0.717) is 0 Å². The quantitative estimate of drug-likeness (QED) is 0.668. The van der Waals surface area contributed by atoms with Crippen LogP contribution in [-0.2, 0) is 6.54 Å². The molecule has 0 fully saturated rings. The van der Waals surface area contributed by atoms with Crippen molar-refractivity contribution in [2.45, 2.75) is 6.54 Å². The molecular formula is C17H13N3. The van der Waals surface area contributed by atoms with Crippen LogP contribution in [0.1, 0.15) is 11.1 Å². The van der Waals surface area contributed by atoms with Crippen LogP contribution in [0.2, 0.25) is 0 Å². The Bertz CT molecular complexity index is 808. The van der Waals surface area contributed by atoms with Crippen molar-refractivity contribution < 1.29 is 0 Å². The Morgan fingerprint density at radius 3 is 2.80 bits per heavy atom. The van der Waals surface area contributed by atoms with Gasteiger partial charge in [-0.3, -0.25) is 0 Å². The minimum absolute atomic E-state index is 0.745. The molecule has 3 aromatic rings. The molecule has 4 rings (SSSR count). The van der Waals surface area contributed by atoms with Gasteiger partial charge in [0.15, 0.2) is 0 Å². The highest BCUT2D eigenvalue weighted by Gasteiger charge is 2.13. The number of rotatable bonds is 1. The Kier molecular flexibility index (Phi) is 2.49. The van der Waals surface area contributed by atoms with Gasteiger partial charge in [-0.1, -0.05) is 42.5 Å². The monoisotopic (exact) mass is 259 g/mol. The van der Waals surface area contributed by atoms with Gasteiger partial charge in [-0.25, -0.2) is 9.97 Å². The van der Waals surface area contributed by atoms with E-state index in [1.807, 2.05) is 36.7 Å². The first-order valence-corrected chi connectivity index (χ1v) is 6.65. The summed E-state index contributed by atoms with van der Waals surface area (Å²) in [4.78, 5) is 11.2. The Balaban J connectivity index is 1.74. The summed E-state index contributed by atoms with van der Waals surface area (Å²) in [5.74, 6) is 0.745. The molecule has 3 nitrogen and oxygen atoms in total. The maximum absolute atomic E-state index is 4.64. The number of anilines is 1. The SMILES string of the molecule is C1=CN(c2ncc3ccccc3n2)Cc2ccccc21. The molecule has 96 valence electrons. The maximum Gasteiger partial charge on any atom is 0.230 e. The van der Waals surface area contributed by atoms with Crippen molar-refractivity contribution in [3.05, 3.63) is 72.1 Å². The zero-order chi connectivity index (χ0) is 13.4. The Morgan fingerprint density at radius 1 is 0.950 bits per heavy atom. The van der Waals surface area contributed by atoms with Gasteiger partial charge in [0.1, 0.15) is 0 Å². The Hall–Kier alpha value is -2.68. The summed E-state index contributed by atoms with van der Waals surface area (Å²) < 4.78 is 0. The summed E-state index contributed by atoms with van der Waals surface area (Å²) in [6.45, 7) is 0.811. The van der Waals surface area contributed by atoms with Crippen LogP contribution < -0.4 is 4.90 Å². The largest absolute Gasteiger partial charge is 0.313 e. The number of hydrogen-bond acceptors (Lipinski definition) is 3. The van der Waals surface area contributed by atoms with Crippen molar-refractivity contribution in [1.29, 1.82) is 0 Å². The van der Waals surface area contributed by atoms with E-state index in [1.54, 1.807) is 0 Å². The molecule has 0 saturated heterocycles. The first kappa shape index (κ1) is 11.2. The third-order valence-electron chi connectivity index (χ3n) is 3.56. The molecule has 0 unspecified atom stereocenters. The summed E-state index contributed by atoms with van der Waals surface area (Å²) in [5.41, 5.74) is 3.54. The van der Waals surface area contributed by atoms with Gasteiger partial charge in [0.2, 0.25) is 5.95 Å². The molecule has 0 spiro atoms. The molecule has 2 heterocycles. The summed E-state index contributed by atoms with van der Waals surface area (Å²) in [6.07, 6.45) is 6.04. The van der Waals surface area contributed by atoms with Crippen molar-refractivity contribution in [1.82, 2.24) is 9.97 Å². The predicted molar refractivity (Wildman–Crippen MR) is 81.2 cm³/mol. The molecule has 0 saturated carbocycles. The normalized spacial score (nSPS) is 13.5. The van der Waals surface area contributed by atoms with Crippen LogP contribution >= 0.6 is 0 Å². The number of hydrogen-bond donors (Lipinski definition) is 0. The molecular weight excluding hydrogens is 246 g/mol. The fourth-order valence-corrected chi connectivity index (χ4v) is 2.49. The fourth-order valence-electron chi connectivity index (χ4n) is 2.49. The zero-order valence-electron chi connectivity index (χ0n) is 10.9. The standard InChI is InChI=1S/C17H13N3/c1-2-7-15-12-20(10-9-13(15)5-1)17-18-11-14-6-3-4-8-16(14)19-17/h1-11H,12H2. The van der Waals surface area contributed by atoms with Gasteiger partial charge in [0.25, 0.3) is 0 Å². The van der Waals surface area contributed by atoms with Gasteiger partial charge in [-0.15, -0.1) is 0 Å². The number of fused-ring (bicyclic) bond motifs is 2. The van der Waals surface area contributed by atoms with Crippen LogP contribution in [0.4, 0.5) is 5.95 Å². The zero-order valence-corrected chi connectivity index (χ0v) is 10.9. The summed E-state index contributed by atoms with van der Waals surface area (Å²) >= 11 is 0. The summed E-state index contributed by atoms with van der Waals surface area (Å²) in [5, 5.41) is 1.07. The highest BCUT2D eigenvalue weighted by Crippen LogP contribution is 2.23. The second kappa shape index (κ2) is 4.46. The number of aromatic nitrogens is 2. The second-order valence-electron chi connectivity index (χ2n) is 4.87. The van der Waals surface area contributed by atoms with Crippen molar-refractivity contribution in [2.24, 2.45) is 0 Å². The van der Waals surface area contributed by atoms with Crippen LogP contribution in [0.5, 0.6) is 0 Å². The van der Waals surface area contributed by atoms with E-state index < -0.39 is 0 Å². The topological polar surface area (TPSA) is 29.0 Å². The Labute approximate surface area is 117 Å². The van der Waals surface area contributed by atoms with Crippen LogP contribution in [0.25, 0.3) is 17.0 Å². The fraction of sp³-hybridized carbons (Fsp3) is 0.0588. The lowest BCUT2D eigenvalue weighted by Crippen LogP contribution is -2.21. The molecule has 0 atom stereocenters. The minimum Gasteiger partial charge on any atom is -0.313 e. The molecule has 1 aromatic heterocycles. The van der Waals surface area contributed by atoms with E-state index in [4.69, 9.17) is 0 Å². The minimum atomic E-state index is 0.745. The van der Waals surface area contributed by atoms with E-state index >= 15 is 0 Å². The van der Waals surface area contributed by atoms with Gasteiger partial charge in [-0.05, 0) is 23.3 Å². The maximum atomic E-state index is 4.64. The van der Waals surface area contributed by atoms with E-state index in [-0.39, 0.29) is 0 Å². The first-order valence-electron chi connectivity index (χ1n) is 6.65. The van der Waals surface area contributed by atoms with Gasteiger partial charge < -0.3 is 4.90 Å². The van der Waals surface area contributed by atoms with Crippen molar-refractivity contribution in [3.8, 4) is 0 Å². The number of benzene rings is 2. The van der Waals surface area contributed by atoms with Crippen LogP contribution in [0, 0.1) is 0 Å². The Morgan fingerprint density at radius 2 is 1.80 bits per heavy atom.